The normalized spacial score (nSPS) is 11.7. The van der Waals surface area contributed by atoms with Gasteiger partial charge in [-0.15, -0.1) is 0 Å². The summed E-state index contributed by atoms with van der Waals surface area (Å²) in [6, 6.07) is 2.49. The summed E-state index contributed by atoms with van der Waals surface area (Å²) in [6.07, 6.45) is -3.32. The third-order valence-electron chi connectivity index (χ3n) is 2.57. The Morgan fingerprint density at radius 3 is 2.24 bits per heavy atom. The molecule has 0 atom stereocenters. The highest BCUT2D eigenvalue weighted by Crippen LogP contribution is 2.37. The first kappa shape index (κ1) is 13.5. The van der Waals surface area contributed by atoms with Gasteiger partial charge in [-0.05, 0) is 23.6 Å². The van der Waals surface area contributed by atoms with E-state index in [1.165, 1.54) is 13.1 Å². The molecule has 2 nitrogen and oxygen atoms in total. The zero-order chi connectivity index (χ0) is 13.2. The third-order valence-corrected chi connectivity index (χ3v) is 2.57. The van der Waals surface area contributed by atoms with Crippen molar-refractivity contribution in [2.45, 2.75) is 25.9 Å². The lowest BCUT2D eigenvalue weighted by molar-refractivity contribution is -0.138. The molecule has 1 aromatic carbocycles. The molecule has 0 aliphatic carbocycles. The van der Waals surface area contributed by atoms with Gasteiger partial charge < -0.3 is 10.7 Å². The highest BCUT2D eigenvalue weighted by atomic mass is 19.4. The van der Waals surface area contributed by atoms with Crippen molar-refractivity contribution in [2.24, 2.45) is 0 Å². The second-order valence-electron chi connectivity index (χ2n) is 4.07. The molecule has 5 heteroatoms. The van der Waals surface area contributed by atoms with Gasteiger partial charge in [0.25, 0.3) is 0 Å². The Hall–Kier alpha value is -1.52. The van der Waals surface area contributed by atoms with E-state index in [9.17, 15) is 13.2 Å². The molecule has 0 unspecified atom stereocenters. The molecule has 0 fully saturated rings. The number of anilines is 1. The summed E-state index contributed by atoms with van der Waals surface area (Å²) < 4.78 is 38.6. The van der Waals surface area contributed by atoms with Crippen molar-refractivity contribution >= 4 is 11.9 Å². The summed E-state index contributed by atoms with van der Waals surface area (Å²) in [6.45, 7) is 3.41. The molecule has 0 aliphatic rings. The minimum Gasteiger partial charge on any atom is -0.388 e. The van der Waals surface area contributed by atoms with Gasteiger partial charge in [-0.25, -0.2) is 0 Å². The Kier molecular flexibility index (Phi) is 3.80. The average Bonchev–Trinajstić information content (AvgIpc) is 2.25. The zero-order valence-corrected chi connectivity index (χ0v) is 9.94. The predicted molar refractivity (Wildman–Crippen MR) is 63.0 cm³/mol. The molecular formula is C12H15F3N2. The van der Waals surface area contributed by atoms with E-state index in [0.29, 0.717) is 11.3 Å². The van der Waals surface area contributed by atoms with Crippen molar-refractivity contribution in [2.75, 3.05) is 12.4 Å². The zero-order valence-electron chi connectivity index (χ0n) is 9.94. The number of alkyl halides is 3. The van der Waals surface area contributed by atoms with Crippen molar-refractivity contribution in [1.29, 1.82) is 5.41 Å². The molecule has 0 saturated carbocycles. The number of halogens is 3. The van der Waals surface area contributed by atoms with Crippen molar-refractivity contribution in [3.05, 3.63) is 28.8 Å². The van der Waals surface area contributed by atoms with Crippen LogP contribution in [0, 0.1) is 5.41 Å². The molecule has 0 spiro atoms. The summed E-state index contributed by atoms with van der Waals surface area (Å²) in [5, 5.41) is 9.88. The van der Waals surface area contributed by atoms with Gasteiger partial charge >= 0.3 is 6.18 Å². The van der Waals surface area contributed by atoms with Crippen LogP contribution in [0.3, 0.4) is 0 Å². The Labute approximate surface area is 98.4 Å². The van der Waals surface area contributed by atoms with E-state index in [4.69, 9.17) is 5.41 Å². The van der Waals surface area contributed by atoms with Gasteiger partial charge in [-0.2, -0.15) is 13.2 Å². The van der Waals surface area contributed by atoms with Crippen LogP contribution in [0.25, 0.3) is 0 Å². The lowest BCUT2D eigenvalue weighted by Crippen LogP contribution is -2.12. The van der Waals surface area contributed by atoms with E-state index in [2.05, 4.69) is 5.32 Å². The number of nitrogens with one attached hydrogen (secondary N) is 2. The Morgan fingerprint density at radius 1 is 1.29 bits per heavy atom. The highest BCUT2D eigenvalue weighted by Gasteiger charge is 2.34. The minimum absolute atomic E-state index is 0.218. The van der Waals surface area contributed by atoms with Crippen LogP contribution in [-0.4, -0.2) is 13.3 Å². The fourth-order valence-corrected chi connectivity index (χ4v) is 1.69. The van der Waals surface area contributed by atoms with E-state index in [-0.39, 0.29) is 11.5 Å². The summed E-state index contributed by atoms with van der Waals surface area (Å²) in [4.78, 5) is 0. The average molecular weight is 244 g/mol. The van der Waals surface area contributed by atoms with Gasteiger partial charge in [0.1, 0.15) is 0 Å². The van der Waals surface area contributed by atoms with Crippen LogP contribution in [0.1, 0.15) is 36.5 Å². The fourth-order valence-electron chi connectivity index (χ4n) is 1.69. The first-order valence-electron chi connectivity index (χ1n) is 5.24. The van der Waals surface area contributed by atoms with Gasteiger partial charge in [0.15, 0.2) is 0 Å². The molecule has 1 aromatic rings. The molecule has 17 heavy (non-hydrogen) atoms. The van der Waals surface area contributed by atoms with Crippen LogP contribution in [0.15, 0.2) is 12.1 Å². The number of hydrogen-bond donors (Lipinski definition) is 2. The molecule has 0 bridgehead atoms. The maximum absolute atomic E-state index is 12.9. The maximum Gasteiger partial charge on any atom is 0.416 e. The molecule has 0 aliphatic heterocycles. The van der Waals surface area contributed by atoms with Crippen LogP contribution in [0.2, 0.25) is 0 Å². The Morgan fingerprint density at radius 2 is 1.88 bits per heavy atom. The predicted octanol–water partition coefficient (Wildman–Crippen LogP) is 3.87. The molecule has 0 heterocycles. The molecule has 0 amide bonds. The van der Waals surface area contributed by atoms with E-state index >= 15 is 0 Å². The van der Waals surface area contributed by atoms with E-state index < -0.39 is 11.7 Å². The van der Waals surface area contributed by atoms with Crippen LogP contribution < -0.4 is 5.32 Å². The van der Waals surface area contributed by atoms with Crippen molar-refractivity contribution in [3.63, 3.8) is 0 Å². The summed E-state index contributed by atoms with van der Waals surface area (Å²) >= 11 is 0. The molecule has 0 aromatic heterocycles. The maximum atomic E-state index is 12.9. The molecule has 1 rings (SSSR count). The van der Waals surface area contributed by atoms with Crippen LogP contribution in [0.5, 0.6) is 0 Å². The lowest BCUT2D eigenvalue weighted by Gasteiger charge is -2.18. The molecule has 94 valence electrons. The highest BCUT2D eigenvalue weighted by molar-refractivity contribution is 5.86. The third kappa shape index (κ3) is 2.78. The molecule has 0 saturated heterocycles. The first-order chi connectivity index (χ1) is 7.81. The number of hydrogen-bond acceptors (Lipinski definition) is 2. The second kappa shape index (κ2) is 4.77. The minimum atomic E-state index is -4.37. The number of benzene rings is 1. The van der Waals surface area contributed by atoms with Gasteiger partial charge in [-0.1, -0.05) is 13.8 Å². The van der Waals surface area contributed by atoms with Crippen LogP contribution >= 0.6 is 0 Å². The van der Waals surface area contributed by atoms with Crippen LogP contribution in [-0.2, 0) is 6.18 Å². The van der Waals surface area contributed by atoms with Crippen molar-refractivity contribution in [3.8, 4) is 0 Å². The standard InChI is InChI=1S/C12H15F3N2/c1-7(2)9-4-8(6-16)11(17-3)5-10(9)12(13,14)15/h4-7,16-17H,1-3H3. The van der Waals surface area contributed by atoms with E-state index in [0.717, 1.165) is 12.3 Å². The Bertz CT molecular complexity index is 422. The summed E-state index contributed by atoms with van der Waals surface area (Å²) in [7, 11) is 1.54. The van der Waals surface area contributed by atoms with Gasteiger partial charge in [0.2, 0.25) is 0 Å². The van der Waals surface area contributed by atoms with Gasteiger partial charge in [0, 0.05) is 24.5 Å². The molecular weight excluding hydrogens is 229 g/mol. The lowest BCUT2D eigenvalue weighted by atomic mass is 9.93. The second-order valence-corrected chi connectivity index (χ2v) is 4.07. The quantitative estimate of drug-likeness (QED) is 0.778. The van der Waals surface area contributed by atoms with E-state index in [1.54, 1.807) is 13.8 Å². The SMILES string of the molecule is CNc1cc(C(F)(F)F)c(C(C)C)cc1C=N. The van der Waals surface area contributed by atoms with E-state index in [1.807, 2.05) is 0 Å². The van der Waals surface area contributed by atoms with Gasteiger partial charge in [-0.3, -0.25) is 0 Å². The van der Waals surface area contributed by atoms with Crippen molar-refractivity contribution in [1.82, 2.24) is 0 Å². The monoisotopic (exact) mass is 244 g/mol. The fraction of sp³-hybridized carbons (Fsp3) is 0.417. The molecule has 2 N–H and O–H groups in total. The van der Waals surface area contributed by atoms with Gasteiger partial charge in [0.05, 0.1) is 5.56 Å². The summed E-state index contributed by atoms with van der Waals surface area (Å²) in [5.74, 6) is -0.240. The largest absolute Gasteiger partial charge is 0.416 e. The topological polar surface area (TPSA) is 35.9 Å². The first-order valence-corrected chi connectivity index (χ1v) is 5.24. The van der Waals surface area contributed by atoms with Crippen LogP contribution in [0.4, 0.5) is 18.9 Å². The Balaban J connectivity index is 3.51. The summed E-state index contributed by atoms with van der Waals surface area (Å²) in [5.41, 5.74) is 0.360. The number of rotatable bonds is 3. The molecule has 0 radical (unpaired) electrons. The van der Waals surface area contributed by atoms with Crippen molar-refractivity contribution < 1.29 is 13.2 Å². The smallest absolute Gasteiger partial charge is 0.388 e.